The predicted octanol–water partition coefficient (Wildman–Crippen LogP) is 2.74. The molecule has 204 valence electrons. The van der Waals surface area contributed by atoms with Crippen LogP contribution in [0.25, 0.3) is 11.4 Å². The zero-order chi connectivity index (χ0) is 30.3. The van der Waals surface area contributed by atoms with Crippen LogP contribution in [0.4, 0.5) is 27.3 Å². The smallest absolute Gasteiger partial charge is 0.273 e. The van der Waals surface area contributed by atoms with E-state index in [1.807, 2.05) is 10.2 Å². The van der Waals surface area contributed by atoms with E-state index < -0.39 is 18.7 Å². The number of benzene rings is 1. The number of hydrogen-bond acceptors (Lipinski definition) is 10. The van der Waals surface area contributed by atoms with Crippen LogP contribution in [0.5, 0.6) is 5.75 Å². The number of aromatic nitrogens is 6. The van der Waals surface area contributed by atoms with Gasteiger partial charge in [0.05, 0.1) is 54.9 Å². The van der Waals surface area contributed by atoms with Gasteiger partial charge in [-0.05, 0) is 25.0 Å². The average Bonchev–Trinajstić information content (AvgIpc) is 3.72. The van der Waals surface area contributed by atoms with E-state index in [4.69, 9.17) is 8.85 Å². The Labute approximate surface area is 232 Å². The zero-order valence-corrected chi connectivity index (χ0v) is 21.2. The van der Waals surface area contributed by atoms with Gasteiger partial charge in [-0.15, -0.1) is 5.10 Å². The molecule has 0 spiro atoms. The molecule has 0 saturated heterocycles. The van der Waals surface area contributed by atoms with Crippen molar-refractivity contribution in [3.63, 3.8) is 0 Å². The number of nitrogens with zero attached hydrogens (tertiary/aromatic N) is 7. The normalized spacial score (nSPS) is 15.9. The molecule has 1 aliphatic carbocycles. The van der Waals surface area contributed by atoms with Crippen molar-refractivity contribution in [3.05, 3.63) is 60.1 Å². The van der Waals surface area contributed by atoms with Crippen LogP contribution in [0.15, 0.2) is 42.9 Å². The summed E-state index contributed by atoms with van der Waals surface area (Å²) in [5, 5.41) is 20.4. The summed E-state index contributed by atoms with van der Waals surface area (Å²) in [6.07, 6.45) is 5.34. The van der Waals surface area contributed by atoms with Crippen molar-refractivity contribution in [1.82, 2.24) is 40.2 Å². The number of fused-ring (bicyclic) bond motifs is 1. The number of ether oxygens (including phenoxy) is 1. The highest BCUT2D eigenvalue weighted by Gasteiger charge is 2.37. The lowest BCUT2D eigenvalue weighted by Crippen LogP contribution is -2.41. The second kappa shape index (κ2) is 10.2. The van der Waals surface area contributed by atoms with Gasteiger partial charge in [0.15, 0.2) is 28.9 Å². The fraction of sp³-hybridized carbons (Fsp3) is 0.269. The molecule has 1 saturated carbocycles. The fourth-order valence-electron chi connectivity index (χ4n) is 4.59. The highest BCUT2D eigenvalue weighted by atomic mass is 19.1. The van der Waals surface area contributed by atoms with Crippen molar-refractivity contribution in [2.24, 2.45) is 0 Å². The third-order valence-electron chi connectivity index (χ3n) is 6.58. The van der Waals surface area contributed by atoms with Gasteiger partial charge >= 0.3 is 0 Å². The number of nitrogens with one attached hydrogen (secondary N) is 3. The van der Waals surface area contributed by atoms with Gasteiger partial charge < -0.3 is 25.6 Å². The third-order valence-corrected chi connectivity index (χ3v) is 6.58. The minimum absolute atomic E-state index is 0.0455. The minimum Gasteiger partial charge on any atom is -0.494 e. The first-order valence-electron chi connectivity index (χ1n) is 13.9. The summed E-state index contributed by atoms with van der Waals surface area (Å²) in [4.78, 5) is 36.0. The van der Waals surface area contributed by atoms with Gasteiger partial charge in [0.2, 0.25) is 0 Å². The summed E-state index contributed by atoms with van der Waals surface area (Å²) in [6, 6.07) is 6.84. The number of carbonyl (C=O) groups is 2. The summed E-state index contributed by atoms with van der Waals surface area (Å²) >= 11 is 0. The quantitative estimate of drug-likeness (QED) is 0.300. The molecule has 0 atom stereocenters. The van der Waals surface area contributed by atoms with Crippen LogP contribution in [-0.4, -0.2) is 73.3 Å². The number of methoxy groups -OCH3 is 1. The molecule has 2 aliphatic rings. The van der Waals surface area contributed by atoms with Crippen molar-refractivity contribution in [3.8, 4) is 17.1 Å². The molecule has 4 heterocycles. The van der Waals surface area contributed by atoms with Crippen molar-refractivity contribution in [1.29, 1.82) is 0 Å². The average molecular weight is 548 g/mol. The lowest BCUT2D eigenvalue weighted by Gasteiger charge is -2.27. The molecule has 13 nitrogen and oxygen atoms in total. The Morgan fingerprint density at radius 1 is 1.15 bits per heavy atom. The second-order valence-corrected chi connectivity index (χ2v) is 9.16. The highest BCUT2D eigenvalue weighted by molar-refractivity contribution is 6.02. The molecule has 3 aromatic heterocycles. The summed E-state index contributed by atoms with van der Waals surface area (Å²) in [6.45, 7) is -1.71. The summed E-state index contributed by atoms with van der Waals surface area (Å²) in [5.41, 5.74) is 1.07. The maximum atomic E-state index is 13.5. The first-order chi connectivity index (χ1) is 20.6. The van der Waals surface area contributed by atoms with E-state index in [9.17, 15) is 14.0 Å². The van der Waals surface area contributed by atoms with Crippen molar-refractivity contribution in [2.45, 2.75) is 25.4 Å². The van der Waals surface area contributed by atoms with Crippen LogP contribution < -0.4 is 20.7 Å². The van der Waals surface area contributed by atoms with E-state index in [0.717, 1.165) is 25.2 Å². The van der Waals surface area contributed by atoms with Gasteiger partial charge in [0.25, 0.3) is 11.8 Å². The number of anilines is 4. The summed E-state index contributed by atoms with van der Waals surface area (Å²) in [5.74, 6) is -0.995. The second-order valence-electron chi connectivity index (χ2n) is 9.16. The monoisotopic (exact) mass is 547 g/mol. The molecule has 4 aromatic rings. The molecule has 1 aliphatic heterocycles. The van der Waals surface area contributed by atoms with Crippen LogP contribution in [0.3, 0.4) is 0 Å². The number of para-hydroxylation sites is 1. The number of rotatable bonds is 8. The summed E-state index contributed by atoms with van der Waals surface area (Å²) < 4.78 is 43.2. The lowest BCUT2D eigenvalue weighted by atomic mass is 10.1. The first kappa shape index (κ1) is 21.8. The lowest BCUT2D eigenvalue weighted by molar-refractivity contribution is 0.0683. The van der Waals surface area contributed by atoms with Crippen LogP contribution in [0.2, 0.25) is 0 Å². The van der Waals surface area contributed by atoms with E-state index >= 15 is 0 Å². The predicted molar refractivity (Wildman–Crippen MR) is 142 cm³/mol. The van der Waals surface area contributed by atoms with E-state index in [2.05, 4.69) is 35.9 Å². The van der Waals surface area contributed by atoms with Crippen molar-refractivity contribution < 1.29 is 22.8 Å². The number of carbonyl (C=O) groups excluding carboxylic acids is 2. The molecule has 1 fully saturated rings. The zero-order valence-electron chi connectivity index (χ0n) is 24.2. The third kappa shape index (κ3) is 4.63. The number of hydrogen-bond donors (Lipinski definition) is 3. The maximum absolute atomic E-state index is 13.5. The highest BCUT2D eigenvalue weighted by Crippen LogP contribution is 2.39. The maximum Gasteiger partial charge on any atom is 0.273 e. The van der Waals surface area contributed by atoms with E-state index in [-0.39, 0.29) is 40.6 Å². The molecule has 0 unspecified atom stereocenters. The molecular formula is C26H25FN10O3. The Kier molecular flexibility index (Phi) is 5.55. The summed E-state index contributed by atoms with van der Waals surface area (Å²) in [7, 11) is 1.41. The van der Waals surface area contributed by atoms with Crippen LogP contribution in [0, 0.1) is 5.82 Å². The molecule has 40 heavy (non-hydrogen) atoms. The van der Waals surface area contributed by atoms with E-state index in [1.54, 1.807) is 28.9 Å². The number of halogens is 1. The van der Waals surface area contributed by atoms with E-state index in [1.165, 1.54) is 13.3 Å². The molecule has 6 rings (SSSR count). The Bertz CT molecular complexity index is 1710. The molecule has 0 radical (unpaired) electrons. The Morgan fingerprint density at radius 2 is 1.98 bits per heavy atom. The molecule has 1 aromatic carbocycles. The van der Waals surface area contributed by atoms with Gasteiger partial charge in [-0.1, -0.05) is 6.07 Å². The van der Waals surface area contributed by atoms with Crippen LogP contribution in [-0.2, 0) is 6.54 Å². The standard InChI is InChI=1S/C26H25FN10O3/c1-28-25(38)22-21(33-17-5-3-4-16(23(17)40-2)24-29-11-14(27)12-30-24)18(13-31-34-22)32-20-10-19-26(39)36(15-6-7-15)8-9-37(19)35-20/h3-5,10-13,15H,6-9H2,1-2H3,(H,28,38)(H,31,33)(H,32,34,35)/i1D3. The molecule has 2 amide bonds. The molecule has 0 bridgehead atoms. The van der Waals surface area contributed by atoms with Gasteiger partial charge in [-0.3, -0.25) is 14.3 Å². The molecular weight excluding hydrogens is 519 g/mol. The number of amides is 2. The van der Waals surface area contributed by atoms with E-state index in [0.29, 0.717) is 35.9 Å². The Balaban J connectivity index is 1.39. The van der Waals surface area contributed by atoms with Crippen molar-refractivity contribution in [2.75, 3.05) is 31.3 Å². The minimum atomic E-state index is -2.80. The fourth-order valence-corrected chi connectivity index (χ4v) is 4.59. The largest absolute Gasteiger partial charge is 0.494 e. The van der Waals surface area contributed by atoms with Gasteiger partial charge in [-0.25, -0.2) is 14.4 Å². The van der Waals surface area contributed by atoms with Gasteiger partial charge in [-0.2, -0.15) is 10.2 Å². The first-order valence-corrected chi connectivity index (χ1v) is 12.4. The Hall–Kier alpha value is -5.14. The Morgan fingerprint density at radius 3 is 2.73 bits per heavy atom. The van der Waals surface area contributed by atoms with Crippen LogP contribution >= 0.6 is 0 Å². The SMILES string of the molecule is [2H]C([2H])([2H])NC(=O)c1nncc(Nc2cc3n(n2)CCN(C2CC2)C3=O)c1Nc1cccc(-c2ncc(F)cn2)c1OC. The van der Waals surface area contributed by atoms with Crippen molar-refractivity contribution >= 4 is 34.7 Å². The molecule has 14 heteroatoms. The topological polar surface area (TPSA) is 152 Å². The van der Waals surface area contributed by atoms with Gasteiger partial charge in [0.1, 0.15) is 5.69 Å². The van der Waals surface area contributed by atoms with Gasteiger partial charge in [0, 0.05) is 29.7 Å². The molecule has 3 N–H and O–H groups in total. The van der Waals surface area contributed by atoms with Crippen LogP contribution in [0.1, 0.15) is 37.9 Å².